The molecule has 0 radical (unpaired) electrons. The summed E-state index contributed by atoms with van der Waals surface area (Å²) in [5, 5.41) is 9.15. The van der Waals surface area contributed by atoms with Crippen LogP contribution in [0.3, 0.4) is 0 Å². The van der Waals surface area contributed by atoms with Crippen molar-refractivity contribution in [1.29, 1.82) is 0 Å². The third-order valence-electron chi connectivity index (χ3n) is 2.99. The molecule has 0 saturated carbocycles. The molecule has 1 aliphatic rings. The quantitative estimate of drug-likeness (QED) is 0.870. The van der Waals surface area contributed by atoms with Crippen molar-refractivity contribution < 1.29 is 23.5 Å². The summed E-state index contributed by atoms with van der Waals surface area (Å²) in [6, 6.07) is 5.36. The van der Waals surface area contributed by atoms with E-state index in [1.54, 1.807) is 24.3 Å². The number of nitrogens with zero attached hydrogens (tertiary/aromatic N) is 1. The van der Waals surface area contributed by atoms with Crippen molar-refractivity contribution in [3.63, 3.8) is 0 Å². The molecule has 1 unspecified atom stereocenters. The molecular weight excluding hydrogens is 244 g/mol. The van der Waals surface area contributed by atoms with E-state index in [1.807, 2.05) is 0 Å². The van der Waals surface area contributed by atoms with Crippen LogP contribution in [0.1, 0.15) is 17.2 Å². The number of carboxylic acid groups (broad SMARTS) is 1. The molecule has 1 aromatic rings. The number of halogens is 2. The van der Waals surface area contributed by atoms with Crippen LogP contribution in [0.15, 0.2) is 24.3 Å². The lowest BCUT2D eigenvalue weighted by Crippen LogP contribution is -2.45. The molecule has 96 valence electrons. The summed E-state index contributed by atoms with van der Waals surface area (Å²) < 4.78 is 24.9. The molecule has 0 spiro atoms. The Balaban J connectivity index is 2.42. The van der Waals surface area contributed by atoms with Crippen molar-refractivity contribution in [3.05, 3.63) is 35.4 Å². The van der Waals surface area contributed by atoms with Gasteiger partial charge in [-0.1, -0.05) is 24.3 Å². The van der Waals surface area contributed by atoms with Gasteiger partial charge in [0, 0.05) is 6.54 Å². The van der Waals surface area contributed by atoms with Gasteiger partial charge in [-0.05, 0) is 17.5 Å². The number of carbonyl (C=O) groups is 2. The molecule has 18 heavy (non-hydrogen) atoms. The third kappa shape index (κ3) is 2.05. The molecule has 2 rings (SSSR count). The number of alkyl halides is 2. The lowest BCUT2D eigenvalue weighted by molar-refractivity contribution is -0.156. The van der Waals surface area contributed by atoms with Crippen LogP contribution in [0.2, 0.25) is 0 Å². The first-order chi connectivity index (χ1) is 8.52. The van der Waals surface area contributed by atoms with Crippen LogP contribution in [-0.4, -0.2) is 34.9 Å². The highest BCUT2D eigenvalue weighted by atomic mass is 19.3. The van der Waals surface area contributed by atoms with Crippen molar-refractivity contribution >= 4 is 11.9 Å². The van der Waals surface area contributed by atoms with Gasteiger partial charge in [0.2, 0.25) is 0 Å². The van der Waals surface area contributed by atoms with E-state index >= 15 is 0 Å². The number of carboxylic acids is 1. The number of rotatable bonds is 2. The van der Waals surface area contributed by atoms with Crippen molar-refractivity contribution in [2.45, 2.75) is 18.9 Å². The van der Waals surface area contributed by atoms with Gasteiger partial charge in [-0.25, -0.2) is 4.79 Å². The predicted octanol–water partition coefficient (Wildman–Crippen LogP) is 1.46. The summed E-state index contributed by atoms with van der Waals surface area (Å²) >= 11 is 0. The molecule has 1 N–H and O–H groups in total. The smallest absolute Gasteiger partial charge is 0.331 e. The fourth-order valence-corrected chi connectivity index (χ4v) is 2.20. The summed E-state index contributed by atoms with van der Waals surface area (Å²) in [7, 11) is 0. The first kappa shape index (κ1) is 12.5. The van der Waals surface area contributed by atoms with Crippen molar-refractivity contribution in [3.8, 4) is 0 Å². The number of amides is 1. The van der Waals surface area contributed by atoms with Crippen LogP contribution in [0.5, 0.6) is 0 Å². The zero-order valence-corrected chi connectivity index (χ0v) is 9.35. The molecule has 0 bridgehead atoms. The molecule has 4 nitrogen and oxygen atoms in total. The number of hydrogen-bond acceptors (Lipinski definition) is 2. The van der Waals surface area contributed by atoms with E-state index < -0.39 is 24.3 Å². The summed E-state index contributed by atoms with van der Waals surface area (Å²) in [4.78, 5) is 23.3. The van der Waals surface area contributed by atoms with Gasteiger partial charge in [0.25, 0.3) is 5.91 Å². The van der Waals surface area contributed by atoms with Crippen LogP contribution >= 0.6 is 0 Å². The van der Waals surface area contributed by atoms with Gasteiger partial charge in [-0.15, -0.1) is 0 Å². The normalized spacial score (nSPS) is 18.6. The molecule has 1 heterocycles. The van der Waals surface area contributed by atoms with Gasteiger partial charge in [-0.2, -0.15) is 8.78 Å². The van der Waals surface area contributed by atoms with Gasteiger partial charge in [-0.3, -0.25) is 4.79 Å². The second kappa shape index (κ2) is 4.72. The largest absolute Gasteiger partial charge is 0.479 e. The Morgan fingerprint density at radius 1 is 1.33 bits per heavy atom. The summed E-state index contributed by atoms with van der Waals surface area (Å²) in [5.74, 6) is -2.73. The second-order valence-electron chi connectivity index (χ2n) is 4.02. The van der Waals surface area contributed by atoms with Crippen LogP contribution in [-0.2, 0) is 16.0 Å². The van der Waals surface area contributed by atoms with Gasteiger partial charge in [0.1, 0.15) is 0 Å². The number of carbonyl (C=O) groups excluding carboxylic acids is 1. The molecule has 0 aromatic heterocycles. The van der Waals surface area contributed by atoms with Gasteiger partial charge in [0.05, 0.1) is 0 Å². The summed E-state index contributed by atoms with van der Waals surface area (Å²) in [5.41, 5.74) is 1.19. The number of hydrogen-bond donors (Lipinski definition) is 1. The van der Waals surface area contributed by atoms with Crippen LogP contribution in [0.4, 0.5) is 8.78 Å². The average molecular weight is 255 g/mol. The Morgan fingerprint density at radius 2 is 2.00 bits per heavy atom. The Bertz CT molecular complexity index is 490. The molecule has 1 aromatic carbocycles. The maximum absolute atomic E-state index is 12.4. The Labute approximate surface area is 102 Å². The fourth-order valence-electron chi connectivity index (χ4n) is 2.20. The first-order valence-electron chi connectivity index (χ1n) is 5.41. The zero-order chi connectivity index (χ0) is 13.3. The highest BCUT2D eigenvalue weighted by Gasteiger charge is 2.38. The SMILES string of the molecule is O=C(O)C1c2ccccc2CCN1C(=O)C(F)F. The minimum atomic E-state index is -3.18. The standard InChI is InChI=1S/C12H11F2NO3/c13-10(14)11(16)15-6-5-7-3-1-2-4-8(7)9(15)12(17)18/h1-4,9-10H,5-6H2,(H,17,18). The van der Waals surface area contributed by atoms with E-state index in [9.17, 15) is 18.4 Å². The van der Waals surface area contributed by atoms with E-state index in [2.05, 4.69) is 0 Å². The topological polar surface area (TPSA) is 57.6 Å². The third-order valence-corrected chi connectivity index (χ3v) is 2.99. The summed E-state index contributed by atoms with van der Waals surface area (Å²) in [6.07, 6.45) is -2.80. The molecule has 1 atom stereocenters. The minimum absolute atomic E-state index is 0.00282. The van der Waals surface area contributed by atoms with Gasteiger partial charge < -0.3 is 10.0 Å². The highest BCUT2D eigenvalue weighted by Crippen LogP contribution is 2.30. The maximum Gasteiger partial charge on any atom is 0.331 e. The van der Waals surface area contributed by atoms with Gasteiger partial charge in [0.15, 0.2) is 6.04 Å². The first-order valence-corrected chi connectivity index (χ1v) is 5.41. The van der Waals surface area contributed by atoms with Crippen molar-refractivity contribution in [2.75, 3.05) is 6.54 Å². The van der Waals surface area contributed by atoms with E-state index in [0.717, 1.165) is 10.5 Å². The predicted molar refractivity (Wildman–Crippen MR) is 58.2 cm³/mol. The number of aliphatic carboxylic acids is 1. The Kier molecular flexibility index (Phi) is 3.27. The van der Waals surface area contributed by atoms with E-state index in [4.69, 9.17) is 5.11 Å². The van der Waals surface area contributed by atoms with E-state index in [-0.39, 0.29) is 6.54 Å². The monoisotopic (exact) mass is 255 g/mol. The van der Waals surface area contributed by atoms with Crippen molar-refractivity contribution in [1.82, 2.24) is 4.90 Å². The molecule has 6 heteroatoms. The highest BCUT2D eigenvalue weighted by molar-refractivity contribution is 5.87. The molecule has 0 aliphatic carbocycles. The lowest BCUT2D eigenvalue weighted by atomic mass is 9.92. The molecule has 0 fully saturated rings. The molecule has 0 saturated heterocycles. The fraction of sp³-hybridized carbons (Fsp3) is 0.333. The Hall–Kier alpha value is -1.98. The van der Waals surface area contributed by atoms with Gasteiger partial charge >= 0.3 is 12.4 Å². The molecular formula is C12H11F2NO3. The van der Waals surface area contributed by atoms with Crippen LogP contribution < -0.4 is 0 Å². The molecule has 1 aliphatic heterocycles. The van der Waals surface area contributed by atoms with Crippen LogP contribution in [0.25, 0.3) is 0 Å². The minimum Gasteiger partial charge on any atom is -0.479 e. The maximum atomic E-state index is 12.4. The number of fused-ring (bicyclic) bond motifs is 1. The Morgan fingerprint density at radius 3 is 2.61 bits per heavy atom. The number of benzene rings is 1. The van der Waals surface area contributed by atoms with Crippen molar-refractivity contribution in [2.24, 2.45) is 0 Å². The van der Waals surface area contributed by atoms with E-state index in [0.29, 0.717) is 12.0 Å². The zero-order valence-electron chi connectivity index (χ0n) is 9.35. The van der Waals surface area contributed by atoms with E-state index in [1.165, 1.54) is 0 Å². The molecule has 1 amide bonds. The second-order valence-corrected chi connectivity index (χ2v) is 4.02. The average Bonchev–Trinajstić information content (AvgIpc) is 2.36. The van der Waals surface area contributed by atoms with Crippen LogP contribution in [0, 0.1) is 0 Å². The lowest BCUT2D eigenvalue weighted by Gasteiger charge is -2.34. The summed E-state index contributed by atoms with van der Waals surface area (Å²) in [6.45, 7) is -0.00282.